The number of anilines is 1. The molecule has 176 valence electrons. The Labute approximate surface area is 197 Å². The van der Waals surface area contributed by atoms with Gasteiger partial charge in [-0.3, -0.25) is 9.10 Å². The van der Waals surface area contributed by atoms with Gasteiger partial charge in [-0.05, 0) is 60.7 Å². The van der Waals surface area contributed by atoms with E-state index in [4.69, 9.17) is 9.15 Å². The number of amides is 1. The third-order valence-electron chi connectivity index (χ3n) is 4.67. The number of nitrogens with one attached hydrogen (secondary N) is 1. The van der Waals surface area contributed by atoms with Crippen LogP contribution >= 0.6 is 11.8 Å². The van der Waals surface area contributed by atoms with E-state index in [1.54, 1.807) is 18.0 Å². The van der Waals surface area contributed by atoms with E-state index in [9.17, 15) is 17.6 Å². The second-order valence-corrected chi connectivity index (χ2v) is 9.94. The number of methoxy groups -OCH3 is 1. The molecule has 0 saturated heterocycles. The molecule has 0 spiro atoms. The molecule has 0 aliphatic rings. The molecule has 0 aliphatic heterocycles. The maximum Gasteiger partial charge on any atom is 0.264 e. The molecule has 0 bridgehead atoms. The minimum Gasteiger partial charge on any atom is -0.497 e. The van der Waals surface area contributed by atoms with E-state index in [1.807, 2.05) is 12.1 Å². The Bertz CT molecular complexity index is 1140. The summed E-state index contributed by atoms with van der Waals surface area (Å²) in [6.45, 7) is -0.174. The van der Waals surface area contributed by atoms with Gasteiger partial charge in [-0.2, -0.15) is 11.8 Å². The standard InChI is InChI=1S/C23H25FN2O5S2/c1-30-18-9-11-20(12-10-18)33(28,29)26(22-8-3-2-7-21(22)24)16-23(27)25-13-5-15-32-17-19-6-4-14-31-19/h2-4,6-12,14H,5,13,15-17H2,1H3,(H,25,27). The van der Waals surface area contributed by atoms with Gasteiger partial charge in [-0.15, -0.1) is 0 Å². The van der Waals surface area contributed by atoms with E-state index in [1.165, 1.54) is 49.6 Å². The summed E-state index contributed by atoms with van der Waals surface area (Å²) in [5.74, 6) is 1.63. The zero-order chi connectivity index (χ0) is 23.7. The Balaban J connectivity index is 1.64. The van der Waals surface area contributed by atoms with Gasteiger partial charge in [-0.1, -0.05) is 12.1 Å². The van der Waals surface area contributed by atoms with E-state index in [0.29, 0.717) is 18.7 Å². The molecule has 3 aromatic rings. The number of hydrogen-bond acceptors (Lipinski definition) is 6. The van der Waals surface area contributed by atoms with Crippen LogP contribution in [-0.4, -0.2) is 40.3 Å². The van der Waals surface area contributed by atoms with Crippen LogP contribution in [0.15, 0.2) is 76.2 Å². The van der Waals surface area contributed by atoms with Crippen molar-refractivity contribution in [3.63, 3.8) is 0 Å². The summed E-state index contributed by atoms with van der Waals surface area (Å²) in [5.41, 5.74) is -0.197. The number of hydrogen-bond donors (Lipinski definition) is 1. The SMILES string of the molecule is COc1ccc(S(=O)(=O)N(CC(=O)NCCCSCc2ccco2)c2ccccc2F)cc1. The number of carbonyl (C=O) groups excluding carboxylic acids is 1. The van der Waals surface area contributed by atoms with Crippen LogP contribution in [0.1, 0.15) is 12.2 Å². The molecule has 0 unspecified atom stereocenters. The molecule has 3 rings (SSSR count). The topological polar surface area (TPSA) is 88.9 Å². The first kappa shape index (κ1) is 24.7. The predicted octanol–water partition coefficient (Wildman–Crippen LogP) is 4.06. The number of nitrogens with zero attached hydrogens (tertiary/aromatic N) is 1. The van der Waals surface area contributed by atoms with Crippen LogP contribution in [0.5, 0.6) is 5.75 Å². The van der Waals surface area contributed by atoms with Crippen molar-refractivity contribution in [3.05, 3.63) is 78.5 Å². The number of thioether (sulfide) groups is 1. The van der Waals surface area contributed by atoms with Crippen LogP contribution in [0, 0.1) is 5.82 Å². The number of benzene rings is 2. The van der Waals surface area contributed by atoms with Crippen molar-refractivity contribution < 1.29 is 26.8 Å². The number of para-hydroxylation sites is 1. The minimum atomic E-state index is -4.20. The summed E-state index contributed by atoms with van der Waals surface area (Å²) in [6.07, 6.45) is 2.32. The summed E-state index contributed by atoms with van der Waals surface area (Å²) in [5, 5.41) is 2.71. The molecule has 0 saturated carbocycles. The quantitative estimate of drug-likeness (QED) is 0.384. The lowest BCUT2D eigenvalue weighted by Gasteiger charge is -2.24. The molecule has 1 heterocycles. The van der Waals surface area contributed by atoms with Gasteiger partial charge in [0.05, 0.1) is 29.7 Å². The molecule has 1 amide bonds. The number of ether oxygens (including phenoxy) is 1. The summed E-state index contributed by atoms with van der Waals surface area (Å²) in [6, 6.07) is 14.9. The smallest absolute Gasteiger partial charge is 0.264 e. The van der Waals surface area contributed by atoms with Crippen LogP contribution in [0.3, 0.4) is 0 Å². The highest BCUT2D eigenvalue weighted by molar-refractivity contribution is 7.98. The highest BCUT2D eigenvalue weighted by Gasteiger charge is 2.29. The van der Waals surface area contributed by atoms with E-state index in [-0.39, 0.29) is 10.6 Å². The molecule has 1 aromatic heterocycles. The summed E-state index contributed by atoms with van der Waals surface area (Å²) in [4.78, 5) is 12.5. The number of halogens is 1. The van der Waals surface area contributed by atoms with Gasteiger partial charge in [0.2, 0.25) is 5.91 Å². The minimum absolute atomic E-state index is 0.0753. The number of sulfonamides is 1. The molecule has 0 atom stereocenters. The van der Waals surface area contributed by atoms with E-state index >= 15 is 0 Å². The predicted molar refractivity (Wildman–Crippen MR) is 126 cm³/mol. The molecular weight excluding hydrogens is 467 g/mol. The van der Waals surface area contributed by atoms with Crippen LogP contribution in [0.4, 0.5) is 10.1 Å². The van der Waals surface area contributed by atoms with Crippen molar-refractivity contribution in [1.29, 1.82) is 0 Å². The van der Waals surface area contributed by atoms with Gasteiger partial charge in [0.1, 0.15) is 23.9 Å². The molecule has 33 heavy (non-hydrogen) atoms. The van der Waals surface area contributed by atoms with E-state index in [0.717, 1.165) is 27.6 Å². The van der Waals surface area contributed by atoms with Crippen LogP contribution < -0.4 is 14.4 Å². The summed E-state index contributed by atoms with van der Waals surface area (Å²) >= 11 is 1.67. The highest BCUT2D eigenvalue weighted by Crippen LogP contribution is 2.27. The maximum absolute atomic E-state index is 14.5. The Morgan fingerprint density at radius 3 is 2.55 bits per heavy atom. The van der Waals surface area contributed by atoms with E-state index < -0.39 is 28.3 Å². The molecular formula is C23H25FN2O5S2. The largest absolute Gasteiger partial charge is 0.497 e. The van der Waals surface area contributed by atoms with Gasteiger partial charge in [0.15, 0.2) is 0 Å². The van der Waals surface area contributed by atoms with Crippen LogP contribution in [0.2, 0.25) is 0 Å². The number of carbonyl (C=O) groups is 1. The maximum atomic E-state index is 14.5. The van der Waals surface area contributed by atoms with Gasteiger partial charge in [0.25, 0.3) is 10.0 Å². The first-order chi connectivity index (χ1) is 15.9. The molecule has 0 fully saturated rings. The first-order valence-corrected chi connectivity index (χ1v) is 12.8. The Morgan fingerprint density at radius 1 is 1.12 bits per heavy atom. The Kier molecular flexibility index (Phi) is 8.79. The van der Waals surface area contributed by atoms with Gasteiger partial charge in [0, 0.05) is 6.54 Å². The Hall–Kier alpha value is -2.98. The van der Waals surface area contributed by atoms with Gasteiger partial charge in [-0.25, -0.2) is 12.8 Å². The first-order valence-electron chi connectivity index (χ1n) is 10.2. The number of rotatable bonds is 12. The van der Waals surface area contributed by atoms with E-state index in [2.05, 4.69) is 5.32 Å². The monoisotopic (exact) mass is 492 g/mol. The molecule has 1 N–H and O–H groups in total. The average Bonchev–Trinajstić information content (AvgIpc) is 3.34. The van der Waals surface area contributed by atoms with Crippen molar-refractivity contribution in [2.24, 2.45) is 0 Å². The molecule has 10 heteroatoms. The lowest BCUT2D eigenvalue weighted by Crippen LogP contribution is -2.41. The summed E-state index contributed by atoms with van der Waals surface area (Å²) < 4.78 is 52.2. The fourth-order valence-corrected chi connectivity index (χ4v) is 5.27. The average molecular weight is 493 g/mol. The second-order valence-electron chi connectivity index (χ2n) is 6.97. The van der Waals surface area contributed by atoms with Gasteiger partial charge < -0.3 is 14.5 Å². The van der Waals surface area contributed by atoms with Gasteiger partial charge >= 0.3 is 0 Å². The molecule has 2 aromatic carbocycles. The fraction of sp³-hybridized carbons (Fsp3) is 0.261. The van der Waals surface area contributed by atoms with Crippen molar-refractivity contribution in [2.45, 2.75) is 17.1 Å². The van der Waals surface area contributed by atoms with Crippen molar-refractivity contribution in [3.8, 4) is 5.75 Å². The lowest BCUT2D eigenvalue weighted by molar-refractivity contribution is -0.119. The van der Waals surface area contributed by atoms with Crippen LogP contribution in [0.25, 0.3) is 0 Å². The second kappa shape index (κ2) is 11.8. The molecule has 0 aliphatic carbocycles. The zero-order valence-corrected chi connectivity index (χ0v) is 19.7. The Morgan fingerprint density at radius 2 is 1.88 bits per heavy atom. The third-order valence-corrected chi connectivity index (χ3v) is 7.51. The molecule has 7 nitrogen and oxygen atoms in total. The highest BCUT2D eigenvalue weighted by atomic mass is 32.2. The normalized spacial score (nSPS) is 11.2. The van der Waals surface area contributed by atoms with Crippen molar-refractivity contribution in [1.82, 2.24) is 5.32 Å². The zero-order valence-electron chi connectivity index (χ0n) is 18.1. The third kappa shape index (κ3) is 6.75. The summed E-state index contributed by atoms with van der Waals surface area (Å²) in [7, 11) is -2.73. The number of furan rings is 1. The van der Waals surface area contributed by atoms with Crippen molar-refractivity contribution >= 4 is 33.4 Å². The van der Waals surface area contributed by atoms with Crippen LogP contribution in [-0.2, 0) is 20.6 Å². The fourth-order valence-electron chi connectivity index (χ4n) is 2.98. The van der Waals surface area contributed by atoms with Crippen molar-refractivity contribution in [2.75, 3.05) is 30.3 Å². The molecule has 0 radical (unpaired) electrons. The lowest BCUT2D eigenvalue weighted by atomic mass is 10.3.